The SMILES string of the molecule is CCCCc1ccc(Nc2ccc(Nc3ccc(CCCC)cc3)c3c2C(=O)c2ccccc2C3=O)cc1.Cc1cccc(Nc2ccc(Nc3cccc(C)c3)c3c2C(=O)c2ccccc2C3=O)c1. The second-order valence-corrected chi connectivity index (χ2v) is 18.1. The van der Waals surface area contributed by atoms with Crippen LogP contribution in [0.25, 0.3) is 0 Å². The van der Waals surface area contributed by atoms with Crippen molar-refractivity contribution in [2.45, 2.75) is 66.2 Å². The van der Waals surface area contributed by atoms with Gasteiger partial charge in [-0.15, -0.1) is 0 Å². The van der Waals surface area contributed by atoms with Gasteiger partial charge in [-0.3, -0.25) is 19.2 Å². The topological polar surface area (TPSA) is 116 Å². The van der Waals surface area contributed by atoms with Gasteiger partial charge in [0.2, 0.25) is 0 Å². The van der Waals surface area contributed by atoms with Crippen LogP contribution in [0.3, 0.4) is 0 Å². The monoisotopic (exact) mass is 920 g/mol. The molecule has 0 radical (unpaired) electrons. The van der Waals surface area contributed by atoms with Gasteiger partial charge >= 0.3 is 0 Å². The average molecular weight is 921 g/mol. The van der Waals surface area contributed by atoms with Crippen LogP contribution in [-0.4, -0.2) is 23.1 Å². The molecule has 10 rings (SSSR count). The lowest BCUT2D eigenvalue weighted by Gasteiger charge is -2.24. The molecule has 0 atom stereocenters. The normalized spacial score (nSPS) is 12.2. The Morgan fingerprint density at radius 2 is 0.629 bits per heavy atom. The molecule has 70 heavy (non-hydrogen) atoms. The Balaban J connectivity index is 0.000000176. The van der Waals surface area contributed by atoms with Crippen molar-refractivity contribution in [3.05, 3.63) is 237 Å². The van der Waals surface area contributed by atoms with E-state index in [0.29, 0.717) is 67.3 Å². The molecule has 0 fully saturated rings. The number of fused-ring (bicyclic) bond motifs is 4. The number of hydrogen-bond acceptors (Lipinski definition) is 8. The molecular weight excluding hydrogens is 865 g/mol. The highest BCUT2D eigenvalue weighted by atomic mass is 16.1. The second-order valence-electron chi connectivity index (χ2n) is 18.1. The average Bonchev–Trinajstić information content (AvgIpc) is 3.37. The van der Waals surface area contributed by atoms with Crippen molar-refractivity contribution in [2.24, 2.45) is 0 Å². The van der Waals surface area contributed by atoms with Crippen LogP contribution >= 0.6 is 0 Å². The summed E-state index contributed by atoms with van der Waals surface area (Å²) in [6.07, 6.45) is 6.74. The first-order valence-electron chi connectivity index (χ1n) is 24.2. The lowest BCUT2D eigenvalue weighted by atomic mass is 9.82. The number of anilines is 8. The Labute approximate surface area is 410 Å². The first-order valence-corrected chi connectivity index (χ1v) is 24.2. The molecular formula is C62H56N4O4. The maximum atomic E-state index is 13.8. The van der Waals surface area contributed by atoms with Crippen molar-refractivity contribution in [3.8, 4) is 0 Å². The van der Waals surface area contributed by atoms with Gasteiger partial charge in [-0.25, -0.2) is 0 Å². The number of ketones is 4. The zero-order chi connectivity index (χ0) is 48.7. The van der Waals surface area contributed by atoms with Gasteiger partial charge in [-0.2, -0.15) is 0 Å². The molecule has 8 nitrogen and oxygen atoms in total. The molecule has 0 aliphatic heterocycles. The number of rotatable bonds is 14. The van der Waals surface area contributed by atoms with E-state index in [1.54, 1.807) is 48.5 Å². The maximum Gasteiger partial charge on any atom is 0.196 e. The van der Waals surface area contributed by atoms with Crippen molar-refractivity contribution >= 4 is 68.6 Å². The molecule has 8 heteroatoms. The van der Waals surface area contributed by atoms with E-state index in [1.807, 2.05) is 111 Å². The van der Waals surface area contributed by atoms with E-state index in [0.717, 1.165) is 72.4 Å². The van der Waals surface area contributed by atoms with Gasteiger partial charge in [0.15, 0.2) is 23.1 Å². The first-order chi connectivity index (χ1) is 34.1. The molecule has 0 saturated carbocycles. The Morgan fingerprint density at radius 3 is 0.914 bits per heavy atom. The van der Waals surface area contributed by atoms with E-state index >= 15 is 0 Å². The molecule has 0 spiro atoms. The van der Waals surface area contributed by atoms with Crippen LogP contribution in [0, 0.1) is 13.8 Å². The number of unbranched alkanes of at least 4 members (excludes halogenated alkanes) is 2. The predicted molar refractivity (Wildman–Crippen MR) is 285 cm³/mol. The second kappa shape index (κ2) is 20.9. The number of benzene rings is 8. The zero-order valence-corrected chi connectivity index (χ0v) is 40.0. The Bertz CT molecular complexity index is 3060. The summed E-state index contributed by atoms with van der Waals surface area (Å²) in [5.74, 6) is -0.594. The van der Waals surface area contributed by atoms with Crippen molar-refractivity contribution in [1.82, 2.24) is 0 Å². The van der Waals surface area contributed by atoms with Crippen molar-refractivity contribution in [3.63, 3.8) is 0 Å². The molecule has 0 bridgehead atoms. The molecule has 0 saturated heterocycles. The fourth-order valence-electron chi connectivity index (χ4n) is 9.20. The Hall–Kier alpha value is -8.36. The van der Waals surface area contributed by atoms with Crippen molar-refractivity contribution < 1.29 is 19.2 Å². The molecule has 2 aliphatic carbocycles. The summed E-state index contributed by atoms with van der Waals surface area (Å²) in [5.41, 5.74) is 14.2. The van der Waals surface area contributed by atoms with E-state index in [1.165, 1.54) is 11.1 Å². The standard InChI is InChI=1S/C34H34N2O2.C28H22N2O2/c1-3-5-9-23-13-17-25(18-14-23)35-29-21-22-30(36-26-19-15-24(16-20-26)10-6-4-2)32-31(29)33(37)27-11-7-8-12-28(27)34(32)38;1-17-7-5-9-19(15-17)29-23-13-14-24(30-20-10-6-8-18(2)16-20)26-25(23)27(31)21-11-3-4-12-22(21)28(26)32/h7-8,11-22,35-36H,3-6,9-10H2,1-2H3;3-16,29-30H,1-2H3. The summed E-state index contributed by atoms with van der Waals surface area (Å²) in [6, 6.07) is 54.1. The Kier molecular flexibility index (Phi) is 13.9. The van der Waals surface area contributed by atoms with Gasteiger partial charge in [0.05, 0.1) is 45.0 Å². The number of nitrogens with one attached hydrogen (secondary N) is 4. The van der Waals surface area contributed by atoms with Gasteiger partial charge in [0.25, 0.3) is 0 Å². The summed E-state index contributed by atoms with van der Waals surface area (Å²) < 4.78 is 0. The van der Waals surface area contributed by atoms with Crippen LogP contribution in [0.1, 0.15) is 125 Å². The van der Waals surface area contributed by atoms with Crippen molar-refractivity contribution in [2.75, 3.05) is 21.3 Å². The molecule has 348 valence electrons. The highest BCUT2D eigenvalue weighted by molar-refractivity contribution is 6.33. The van der Waals surface area contributed by atoms with Gasteiger partial charge in [-0.1, -0.05) is 124 Å². The zero-order valence-electron chi connectivity index (χ0n) is 40.0. The molecule has 8 aromatic carbocycles. The molecule has 8 aromatic rings. The summed E-state index contributed by atoms with van der Waals surface area (Å²) in [5, 5.41) is 13.5. The number of aryl methyl sites for hydroxylation is 4. The molecule has 0 aromatic heterocycles. The molecule has 4 N–H and O–H groups in total. The minimum atomic E-state index is -0.154. The van der Waals surface area contributed by atoms with E-state index in [4.69, 9.17) is 0 Å². The third-order valence-corrected chi connectivity index (χ3v) is 12.8. The Morgan fingerprint density at radius 1 is 0.329 bits per heavy atom. The van der Waals surface area contributed by atoms with Gasteiger partial charge in [0, 0.05) is 45.0 Å². The third kappa shape index (κ3) is 9.94. The molecule has 2 aliphatic rings. The number of hydrogen-bond donors (Lipinski definition) is 4. The minimum Gasteiger partial charge on any atom is -0.355 e. The van der Waals surface area contributed by atoms with Gasteiger partial charge < -0.3 is 21.3 Å². The van der Waals surface area contributed by atoms with Crippen molar-refractivity contribution in [1.29, 1.82) is 0 Å². The van der Waals surface area contributed by atoms with Gasteiger partial charge in [0.1, 0.15) is 0 Å². The molecule has 0 heterocycles. The first kappa shape index (κ1) is 46.7. The minimum absolute atomic E-state index is 0.143. The van der Waals surface area contributed by atoms with E-state index < -0.39 is 0 Å². The molecule has 0 unspecified atom stereocenters. The fourth-order valence-corrected chi connectivity index (χ4v) is 9.20. The fraction of sp³-hybridized carbons (Fsp3) is 0.161. The number of carbonyl (C=O) groups excluding carboxylic acids is 4. The summed E-state index contributed by atoms with van der Waals surface area (Å²) in [4.78, 5) is 54.7. The van der Waals surface area contributed by atoms with Crippen LogP contribution in [0.5, 0.6) is 0 Å². The smallest absolute Gasteiger partial charge is 0.196 e. The summed E-state index contributed by atoms with van der Waals surface area (Å²) >= 11 is 0. The molecule has 0 amide bonds. The van der Waals surface area contributed by atoms with E-state index in [-0.39, 0.29) is 23.1 Å². The maximum absolute atomic E-state index is 13.8. The highest BCUT2D eigenvalue weighted by Gasteiger charge is 2.35. The van der Waals surface area contributed by atoms with E-state index in [2.05, 4.69) is 59.4 Å². The van der Waals surface area contributed by atoms with Crippen LogP contribution in [0.15, 0.2) is 170 Å². The van der Waals surface area contributed by atoms with E-state index in [9.17, 15) is 19.2 Å². The predicted octanol–water partition coefficient (Wildman–Crippen LogP) is 15.2. The van der Waals surface area contributed by atoms with Crippen LogP contribution in [-0.2, 0) is 12.8 Å². The highest BCUT2D eigenvalue weighted by Crippen LogP contribution is 2.41. The quantitative estimate of drug-likeness (QED) is 0.0852. The summed E-state index contributed by atoms with van der Waals surface area (Å²) in [6.45, 7) is 8.41. The lowest BCUT2D eigenvalue weighted by molar-refractivity contribution is 0.0980. The van der Waals surface area contributed by atoms with Gasteiger partial charge in [-0.05, 0) is 135 Å². The third-order valence-electron chi connectivity index (χ3n) is 12.8. The number of carbonyl (C=O) groups is 4. The van der Waals surface area contributed by atoms with Crippen LogP contribution < -0.4 is 21.3 Å². The summed E-state index contributed by atoms with van der Waals surface area (Å²) in [7, 11) is 0. The largest absolute Gasteiger partial charge is 0.355 e. The van der Waals surface area contributed by atoms with Crippen LogP contribution in [0.4, 0.5) is 45.5 Å². The van der Waals surface area contributed by atoms with Crippen LogP contribution in [0.2, 0.25) is 0 Å². The lowest BCUT2D eigenvalue weighted by Crippen LogP contribution is -2.23.